The van der Waals surface area contributed by atoms with Crippen LogP contribution < -0.4 is 18.9 Å². The number of aliphatic hydroxyl groups is 3. The van der Waals surface area contributed by atoms with Crippen molar-refractivity contribution >= 4 is 149 Å². The minimum Gasteiger partial charge on any atom is -0.387 e. The Bertz CT molecular complexity index is 3650. The monoisotopic (exact) mass is 1220 g/mol. The zero-order valence-electron chi connectivity index (χ0n) is 35.3. The molecule has 0 saturated heterocycles. The summed E-state index contributed by atoms with van der Waals surface area (Å²) >= 11 is 32.9. The van der Waals surface area contributed by atoms with Crippen molar-refractivity contribution in [2.24, 2.45) is 0 Å². The minimum atomic E-state index is -3.65. The van der Waals surface area contributed by atoms with Crippen LogP contribution in [0.25, 0.3) is 10.4 Å². The van der Waals surface area contributed by atoms with E-state index < -0.39 is 57.4 Å². The van der Waals surface area contributed by atoms with Crippen LogP contribution in [0.1, 0.15) is 44.3 Å². The predicted octanol–water partition coefficient (Wildman–Crippen LogP) is 7.18. The molecule has 0 fully saturated rings. The molecule has 9 heterocycles. The number of ketones is 1. The van der Waals surface area contributed by atoms with E-state index in [0.717, 1.165) is 55.8 Å². The lowest BCUT2D eigenvalue weighted by Gasteiger charge is -2.33. The molecule has 17 nitrogen and oxygen atoms in total. The van der Waals surface area contributed by atoms with Gasteiger partial charge in [-0.25, -0.2) is 52.6 Å². The molecular formula is C41H32Cl5N5O12S8. The van der Waals surface area contributed by atoms with E-state index >= 15 is 0 Å². The summed E-state index contributed by atoms with van der Waals surface area (Å²) in [5, 5.41) is 32.7. The fourth-order valence-electron chi connectivity index (χ4n) is 7.27. The van der Waals surface area contributed by atoms with Crippen LogP contribution in [0.2, 0.25) is 23.1 Å². The molecule has 376 valence electrons. The molecular weight excluding hydrogens is 1190 g/mol. The molecule has 0 saturated carbocycles. The molecule has 11 rings (SSSR count). The summed E-state index contributed by atoms with van der Waals surface area (Å²) in [6.07, 6.45) is 2.50. The van der Waals surface area contributed by atoms with Crippen LogP contribution in [0.4, 0.5) is 0 Å². The number of hydrogen-bond acceptors (Lipinski definition) is 17. The standard InChI is InChI=1S/C17H13ClN2O3S2.C12H9Cl2NO3S2.C6H6ClNO3S2.C6H4ClNO3S2/c18-13-3-1-12(2-4-13)17(21)10-20-25(22,23)16-14(17)9-15(24-16)11-5-7-19-8-6-11;13-8-3-1-7(2-4-8)12(16)6-15-20(17,18)11-9(12)5-10(14)19-11;2*7-5-1-3-4(9)2-8-13(10,11)6(3)12-5/h1-9,20-21H,10H2;1-5,15-16H,6H2;1,4,8-9H,2H2;1,8H,2H2/t;;4-;/m..1./s1. The first-order chi connectivity index (χ1) is 33.2. The number of benzene rings is 2. The molecule has 7 aromatic rings. The predicted molar refractivity (Wildman–Crippen MR) is 274 cm³/mol. The third-order valence-electron chi connectivity index (χ3n) is 10.8. The van der Waals surface area contributed by atoms with Crippen molar-refractivity contribution in [3.05, 3.63) is 154 Å². The summed E-state index contributed by atoms with van der Waals surface area (Å²) < 4.78 is 105. The largest absolute Gasteiger partial charge is 0.387 e. The van der Waals surface area contributed by atoms with E-state index in [1.54, 1.807) is 79.1 Å². The van der Waals surface area contributed by atoms with Gasteiger partial charge in [0.15, 0.2) is 5.78 Å². The van der Waals surface area contributed by atoms with Crippen LogP contribution in [0, 0.1) is 0 Å². The lowest BCUT2D eigenvalue weighted by Crippen LogP contribution is -2.46. The Hall–Kier alpha value is -2.97. The highest BCUT2D eigenvalue weighted by atomic mass is 35.5. The number of halogens is 5. The molecule has 71 heavy (non-hydrogen) atoms. The van der Waals surface area contributed by atoms with Crippen molar-refractivity contribution in [1.29, 1.82) is 0 Å². The van der Waals surface area contributed by atoms with Gasteiger partial charge in [-0.3, -0.25) is 9.78 Å². The number of aliphatic hydroxyl groups excluding tert-OH is 1. The minimum absolute atomic E-state index is 0.0163. The number of carbonyl (C=O) groups is 1. The van der Waals surface area contributed by atoms with Crippen LogP contribution >= 0.6 is 103 Å². The van der Waals surface area contributed by atoms with Crippen LogP contribution in [0.5, 0.6) is 0 Å². The highest BCUT2D eigenvalue weighted by Crippen LogP contribution is 2.46. The van der Waals surface area contributed by atoms with Gasteiger partial charge in [-0.1, -0.05) is 82.3 Å². The average Bonchev–Trinajstić information content (AvgIpc) is 4.15. The molecule has 0 amide bonds. The number of pyridine rings is 1. The number of carbonyl (C=O) groups excluding carboxylic acids is 1. The van der Waals surface area contributed by atoms with E-state index in [0.29, 0.717) is 50.9 Å². The van der Waals surface area contributed by atoms with Gasteiger partial charge in [-0.15, -0.1) is 45.3 Å². The van der Waals surface area contributed by atoms with E-state index in [1.165, 1.54) is 18.2 Å². The van der Waals surface area contributed by atoms with Crippen molar-refractivity contribution in [2.75, 3.05) is 26.2 Å². The van der Waals surface area contributed by atoms with Crippen molar-refractivity contribution < 1.29 is 53.8 Å². The van der Waals surface area contributed by atoms with Crippen LogP contribution in [-0.2, 0) is 51.3 Å². The van der Waals surface area contributed by atoms with E-state index in [9.17, 15) is 53.8 Å². The smallest absolute Gasteiger partial charge is 0.251 e. The summed E-state index contributed by atoms with van der Waals surface area (Å²) in [6.45, 7) is -0.432. The molecule has 0 spiro atoms. The van der Waals surface area contributed by atoms with Crippen LogP contribution in [-0.4, -0.2) is 85.9 Å². The van der Waals surface area contributed by atoms with Gasteiger partial charge in [0.05, 0.1) is 31.2 Å². The number of hydrogen-bond donors (Lipinski definition) is 7. The Morgan fingerprint density at radius 3 is 1.54 bits per heavy atom. The van der Waals surface area contributed by atoms with Crippen molar-refractivity contribution in [3.8, 4) is 10.4 Å². The zero-order chi connectivity index (χ0) is 51.5. The van der Waals surface area contributed by atoms with Crippen LogP contribution in [0.3, 0.4) is 0 Å². The molecule has 2 aromatic carbocycles. The van der Waals surface area contributed by atoms with Gasteiger partial charge in [0, 0.05) is 63.6 Å². The topological polar surface area (TPSA) is 275 Å². The van der Waals surface area contributed by atoms with Gasteiger partial charge >= 0.3 is 0 Å². The number of nitrogens with one attached hydrogen (secondary N) is 4. The van der Waals surface area contributed by atoms with Crippen molar-refractivity contribution in [3.63, 3.8) is 0 Å². The number of rotatable bonds is 3. The Morgan fingerprint density at radius 2 is 1.00 bits per heavy atom. The fourth-order valence-corrected chi connectivity index (χ4v) is 19.5. The summed E-state index contributed by atoms with van der Waals surface area (Å²) in [7, 11) is -14.2. The molecule has 7 N–H and O–H groups in total. The molecule has 0 bridgehead atoms. The maximum absolute atomic E-state index is 12.4. The number of sulfonamides is 4. The second-order valence-electron chi connectivity index (χ2n) is 15.3. The number of β-amino-alcohol motifs (C(OH)–C–C–N with tert-alkyl or cyclic N) is 3. The van der Waals surface area contributed by atoms with E-state index in [2.05, 4.69) is 23.9 Å². The average molecular weight is 1220 g/mol. The number of Topliss-reactive ketones (excluding diaryl/α,β-unsaturated/α-hetero) is 1. The third-order valence-corrected chi connectivity index (χ3v) is 24.1. The van der Waals surface area contributed by atoms with E-state index in [1.807, 2.05) is 0 Å². The molecule has 0 radical (unpaired) electrons. The lowest BCUT2D eigenvalue weighted by molar-refractivity contribution is 0.0807. The van der Waals surface area contributed by atoms with Crippen molar-refractivity contribution in [1.82, 2.24) is 23.9 Å². The van der Waals surface area contributed by atoms with E-state index in [4.69, 9.17) is 58.0 Å². The normalized spacial score (nSPS) is 22.8. The van der Waals surface area contributed by atoms with Crippen LogP contribution in [0.15, 0.2) is 114 Å². The van der Waals surface area contributed by atoms with Gasteiger partial charge in [0.1, 0.15) is 28.0 Å². The zero-order valence-corrected chi connectivity index (χ0v) is 45.6. The third kappa shape index (κ3) is 11.2. The maximum Gasteiger partial charge on any atom is 0.251 e. The first-order valence-electron chi connectivity index (χ1n) is 19.8. The lowest BCUT2D eigenvalue weighted by atomic mass is 9.87. The summed E-state index contributed by atoms with van der Waals surface area (Å²) in [5.41, 5.74) is 0.367. The summed E-state index contributed by atoms with van der Waals surface area (Å²) in [6, 6.07) is 23.1. The summed E-state index contributed by atoms with van der Waals surface area (Å²) in [5.74, 6) is -0.243. The molecule has 2 unspecified atom stereocenters. The van der Waals surface area contributed by atoms with Gasteiger partial charge in [0.2, 0.25) is 0 Å². The Morgan fingerprint density at radius 1 is 0.549 bits per heavy atom. The molecule has 30 heteroatoms. The highest BCUT2D eigenvalue weighted by molar-refractivity contribution is 7.92. The van der Waals surface area contributed by atoms with Gasteiger partial charge in [0.25, 0.3) is 40.1 Å². The first-order valence-corrected chi connectivity index (χ1v) is 30.9. The Balaban J connectivity index is 0.000000132. The second kappa shape index (κ2) is 20.6. The highest BCUT2D eigenvalue weighted by Gasteiger charge is 2.45. The molecule has 4 aliphatic heterocycles. The molecule has 0 aliphatic carbocycles. The Kier molecular flexibility index (Phi) is 15.8. The maximum atomic E-state index is 12.4. The molecule has 4 aliphatic rings. The first kappa shape index (κ1) is 54.3. The molecule has 3 atom stereocenters. The van der Waals surface area contributed by atoms with Gasteiger partial charge in [-0.2, -0.15) is 0 Å². The number of aromatic nitrogens is 1. The number of nitrogens with zero attached hydrogens (tertiary/aromatic N) is 1. The van der Waals surface area contributed by atoms with Crippen molar-refractivity contribution in [2.45, 2.75) is 34.1 Å². The van der Waals surface area contributed by atoms with E-state index in [-0.39, 0.29) is 54.4 Å². The summed E-state index contributed by atoms with van der Waals surface area (Å²) in [4.78, 5) is 15.9. The fraction of sp³-hybridized carbons (Fsp3) is 0.171. The SMILES string of the molecule is O=C1CNS(=O)(=O)c2sc(Cl)cc21.O=S1(=O)NCC(O)(c2ccc(Cl)cc2)c2cc(-c3ccncc3)sc21.O=S1(=O)NCC(O)(c2ccc(Cl)cc2)c2cc(Cl)sc21.O=S1(=O)NC[C@@H](O)c2cc(Cl)sc21. The molecule has 5 aromatic heterocycles. The van der Waals surface area contributed by atoms with Gasteiger partial charge in [-0.05, 0) is 77.4 Å². The Labute approximate surface area is 447 Å². The van der Waals surface area contributed by atoms with Gasteiger partial charge < -0.3 is 15.3 Å². The number of fused-ring (bicyclic) bond motifs is 4. The quantitative estimate of drug-likeness (QED) is 0.0925. The number of thiophene rings is 4. The second-order valence-corrected chi connectivity index (χ2v) is 30.2.